The lowest BCUT2D eigenvalue weighted by atomic mass is 10.1. The van der Waals surface area contributed by atoms with Gasteiger partial charge in [0.25, 0.3) is 0 Å². The maximum absolute atomic E-state index is 10.6. The molecule has 0 amide bonds. The summed E-state index contributed by atoms with van der Waals surface area (Å²) in [5.41, 5.74) is 3.09. The number of aromatic hydroxyl groups is 1. The van der Waals surface area contributed by atoms with Gasteiger partial charge < -0.3 is 15.1 Å². The smallest absolute Gasteiger partial charge is 0.127 e. The van der Waals surface area contributed by atoms with Crippen LogP contribution in [0.5, 0.6) is 11.5 Å². The molecule has 4 aromatic rings. The van der Waals surface area contributed by atoms with E-state index in [2.05, 4.69) is 24.3 Å². The molecule has 4 rings (SSSR count). The maximum Gasteiger partial charge on any atom is 0.127 e. The van der Waals surface area contributed by atoms with Crippen molar-refractivity contribution in [3.8, 4) is 11.5 Å². The third-order valence-corrected chi connectivity index (χ3v) is 5.31. The summed E-state index contributed by atoms with van der Waals surface area (Å²) < 4.78 is 6.20. The average Bonchev–Trinajstić information content (AvgIpc) is 2.83. The number of benzene rings is 4. The third-order valence-electron chi connectivity index (χ3n) is 5.31. The lowest BCUT2D eigenvalue weighted by Gasteiger charge is -2.18. The number of hydroxylamine groups is 2. The number of ether oxygens (including phenoxy) is 1. The molecule has 0 saturated carbocycles. The van der Waals surface area contributed by atoms with Gasteiger partial charge in [-0.3, -0.25) is 0 Å². The van der Waals surface area contributed by atoms with Gasteiger partial charge in [0.2, 0.25) is 0 Å². The molecular weight excluding hydrogens is 398 g/mol. The van der Waals surface area contributed by atoms with E-state index in [9.17, 15) is 10.3 Å². The van der Waals surface area contributed by atoms with Crippen molar-refractivity contribution in [2.24, 2.45) is 0 Å². The Kier molecular flexibility index (Phi) is 7.18. The zero-order chi connectivity index (χ0) is 22.2. The Morgan fingerprint density at radius 2 is 1.53 bits per heavy atom. The van der Waals surface area contributed by atoms with E-state index in [1.165, 1.54) is 5.06 Å². The highest BCUT2D eigenvalue weighted by atomic mass is 16.5. The monoisotopic (exact) mass is 425 g/mol. The molecule has 0 aliphatic rings. The topological polar surface area (TPSA) is 52.9 Å². The minimum Gasteiger partial charge on any atom is -0.508 e. The Labute approximate surface area is 188 Å². The fraction of sp³-hybridized carbons (Fsp3) is 0.143. The summed E-state index contributed by atoms with van der Waals surface area (Å²) in [7, 11) is 0. The van der Waals surface area contributed by atoms with Crippen LogP contribution in [-0.4, -0.2) is 35.1 Å². The Hall–Kier alpha value is -3.60. The molecule has 0 aliphatic heterocycles. The highest BCUT2D eigenvalue weighted by Crippen LogP contribution is 2.25. The van der Waals surface area contributed by atoms with Crippen molar-refractivity contribution in [3.05, 3.63) is 114 Å². The van der Waals surface area contributed by atoms with Gasteiger partial charge in [0.1, 0.15) is 18.1 Å². The molecule has 32 heavy (non-hydrogen) atoms. The fourth-order valence-corrected chi connectivity index (χ4v) is 3.64. The maximum atomic E-state index is 10.6. The van der Waals surface area contributed by atoms with Gasteiger partial charge in [0.15, 0.2) is 0 Å². The molecule has 0 unspecified atom stereocenters. The number of phenolic OH excluding ortho intramolecular Hbond substituents is 1. The van der Waals surface area contributed by atoms with Gasteiger partial charge in [-0.1, -0.05) is 84.9 Å². The van der Waals surface area contributed by atoms with Gasteiger partial charge in [-0.2, -0.15) is 5.06 Å². The minimum absolute atomic E-state index is 0.244. The van der Waals surface area contributed by atoms with Crippen molar-refractivity contribution in [2.75, 3.05) is 19.7 Å². The van der Waals surface area contributed by atoms with Crippen LogP contribution in [0, 0.1) is 0 Å². The van der Waals surface area contributed by atoms with Crippen LogP contribution < -0.4 is 4.74 Å². The molecule has 0 radical (unpaired) electrons. The Balaban J connectivity index is 1.46. The number of fused-ring (bicyclic) bond motifs is 1. The lowest BCUT2D eigenvalue weighted by molar-refractivity contribution is -0.0821. The number of hydrogen-bond acceptors (Lipinski definition) is 4. The molecule has 4 heteroatoms. The zero-order valence-electron chi connectivity index (χ0n) is 17.9. The second kappa shape index (κ2) is 10.6. The summed E-state index contributed by atoms with van der Waals surface area (Å²) >= 11 is 0. The molecule has 0 spiro atoms. The van der Waals surface area contributed by atoms with Crippen LogP contribution >= 0.6 is 0 Å². The SMILES string of the molecule is Oc1ccc(CCN(O)C/C(=C/c2ccccc2)COc2cccc3ccccc23)cc1. The van der Waals surface area contributed by atoms with Crippen LogP contribution in [0.3, 0.4) is 0 Å². The lowest BCUT2D eigenvalue weighted by Crippen LogP contribution is -2.26. The zero-order valence-corrected chi connectivity index (χ0v) is 17.9. The summed E-state index contributed by atoms with van der Waals surface area (Å²) in [4.78, 5) is 0. The number of phenols is 1. The molecule has 0 fully saturated rings. The van der Waals surface area contributed by atoms with E-state index in [-0.39, 0.29) is 5.75 Å². The van der Waals surface area contributed by atoms with Gasteiger partial charge >= 0.3 is 0 Å². The summed E-state index contributed by atoms with van der Waals surface area (Å²) in [5.74, 6) is 1.07. The first-order chi connectivity index (χ1) is 15.7. The van der Waals surface area contributed by atoms with Crippen LogP contribution in [0.15, 0.2) is 103 Å². The van der Waals surface area contributed by atoms with E-state index >= 15 is 0 Å². The van der Waals surface area contributed by atoms with Crippen LogP contribution in [0.25, 0.3) is 16.8 Å². The molecule has 162 valence electrons. The van der Waals surface area contributed by atoms with Crippen molar-refractivity contribution >= 4 is 16.8 Å². The van der Waals surface area contributed by atoms with E-state index in [1.54, 1.807) is 12.1 Å². The van der Waals surface area contributed by atoms with Crippen molar-refractivity contribution in [1.82, 2.24) is 5.06 Å². The summed E-state index contributed by atoms with van der Waals surface area (Å²) in [6.45, 7) is 1.22. The van der Waals surface area contributed by atoms with E-state index in [0.29, 0.717) is 26.1 Å². The van der Waals surface area contributed by atoms with Crippen molar-refractivity contribution in [1.29, 1.82) is 0 Å². The first-order valence-corrected chi connectivity index (χ1v) is 10.7. The molecule has 0 saturated heterocycles. The van der Waals surface area contributed by atoms with Crippen molar-refractivity contribution in [2.45, 2.75) is 6.42 Å². The molecule has 0 aromatic heterocycles. The van der Waals surface area contributed by atoms with Crippen LogP contribution in [0.2, 0.25) is 0 Å². The second-order valence-electron chi connectivity index (χ2n) is 7.78. The summed E-state index contributed by atoms with van der Waals surface area (Å²) in [6.07, 6.45) is 2.74. The van der Waals surface area contributed by atoms with E-state index < -0.39 is 0 Å². The summed E-state index contributed by atoms with van der Waals surface area (Å²) in [6, 6.07) is 31.3. The predicted molar refractivity (Wildman–Crippen MR) is 129 cm³/mol. The molecule has 0 aliphatic carbocycles. The first-order valence-electron chi connectivity index (χ1n) is 10.7. The van der Waals surface area contributed by atoms with Gasteiger partial charge in [-0.15, -0.1) is 0 Å². The number of nitrogens with zero attached hydrogens (tertiary/aromatic N) is 1. The standard InChI is InChI=1S/C28H27NO3/c30-26-15-13-22(14-16-26)17-18-29(31)20-24(19-23-7-2-1-3-8-23)21-32-28-12-6-10-25-9-4-5-11-27(25)28/h1-16,19,30-31H,17-18,20-21H2/b24-19-. The molecule has 2 N–H and O–H groups in total. The van der Waals surface area contributed by atoms with E-state index in [1.807, 2.05) is 66.7 Å². The van der Waals surface area contributed by atoms with Crippen LogP contribution in [0.1, 0.15) is 11.1 Å². The largest absolute Gasteiger partial charge is 0.508 e. The Morgan fingerprint density at radius 1 is 0.812 bits per heavy atom. The molecule has 0 atom stereocenters. The quantitative estimate of drug-likeness (QED) is 0.326. The minimum atomic E-state index is 0.244. The third kappa shape index (κ3) is 5.97. The second-order valence-corrected chi connectivity index (χ2v) is 7.78. The Morgan fingerprint density at radius 3 is 2.34 bits per heavy atom. The van der Waals surface area contributed by atoms with Crippen molar-refractivity contribution in [3.63, 3.8) is 0 Å². The number of rotatable bonds is 9. The van der Waals surface area contributed by atoms with Crippen LogP contribution in [0.4, 0.5) is 0 Å². The fourth-order valence-electron chi connectivity index (χ4n) is 3.64. The molecule has 0 heterocycles. The predicted octanol–water partition coefficient (Wildman–Crippen LogP) is 5.94. The molecule has 4 aromatic carbocycles. The Bertz CT molecular complexity index is 1160. The van der Waals surface area contributed by atoms with Gasteiger partial charge in [0, 0.05) is 18.5 Å². The molecular formula is C28H27NO3. The summed E-state index contributed by atoms with van der Waals surface area (Å²) in [5, 5.41) is 23.5. The van der Waals surface area contributed by atoms with Crippen molar-refractivity contribution < 1.29 is 15.1 Å². The first kappa shape index (κ1) is 21.6. The highest BCUT2D eigenvalue weighted by molar-refractivity contribution is 5.88. The van der Waals surface area contributed by atoms with Crippen LogP contribution in [-0.2, 0) is 6.42 Å². The van der Waals surface area contributed by atoms with Gasteiger partial charge in [0.05, 0.1) is 0 Å². The van der Waals surface area contributed by atoms with Gasteiger partial charge in [-0.05, 0) is 46.7 Å². The average molecular weight is 426 g/mol. The normalized spacial score (nSPS) is 11.8. The highest BCUT2D eigenvalue weighted by Gasteiger charge is 2.09. The number of hydrogen-bond donors (Lipinski definition) is 2. The van der Waals surface area contributed by atoms with Gasteiger partial charge in [-0.25, -0.2) is 0 Å². The molecule has 4 nitrogen and oxygen atoms in total. The molecule has 0 bridgehead atoms. The van der Waals surface area contributed by atoms with E-state index in [0.717, 1.165) is 33.2 Å². The van der Waals surface area contributed by atoms with E-state index in [4.69, 9.17) is 4.74 Å².